The molecule has 0 bridgehead atoms. The van der Waals surface area contributed by atoms with Gasteiger partial charge in [-0.2, -0.15) is 0 Å². The Hall–Kier alpha value is -3.42. The summed E-state index contributed by atoms with van der Waals surface area (Å²) in [6.45, 7) is 0.719. The fraction of sp³-hybridized carbons (Fsp3) is 0.273. The molecule has 1 fully saturated rings. The smallest absolute Gasteiger partial charge is 0.266 e. The van der Waals surface area contributed by atoms with Crippen LogP contribution in [0.3, 0.4) is 0 Å². The van der Waals surface area contributed by atoms with Crippen molar-refractivity contribution in [2.45, 2.75) is 17.1 Å². The van der Waals surface area contributed by atoms with Gasteiger partial charge in [-0.15, -0.1) is 0 Å². The second-order valence-corrected chi connectivity index (χ2v) is 8.74. The number of benzene rings is 2. The Kier molecular flexibility index (Phi) is 7.38. The Morgan fingerprint density at radius 1 is 1.20 bits per heavy atom. The highest BCUT2D eigenvalue weighted by Gasteiger charge is 2.37. The lowest BCUT2D eigenvalue weighted by Gasteiger charge is -2.36. The van der Waals surface area contributed by atoms with Crippen LogP contribution >= 0.6 is 11.8 Å². The second-order valence-electron chi connectivity index (χ2n) is 7.66. The number of amides is 1. The van der Waals surface area contributed by atoms with Gasteiger partial charge < -0.3 is 20.5 Å². The van der Waals surface area contributed by atoms with Gasteiger partial charge >= 0.3 is 0 Å². The number of aromatic nitrogens is 2. The number of ether oxygens (including phenoxy) is 1. The lowest BCUT2D eigenvalue weighted by atomic mass is 9.91. The van der Waals surface area contributed by atoms with Crippen LogP contribution in [0.1, 0.15) is 33.6 Å². The first-order valence-electron chi connectivity index (χ1n) is 10.3. The highest BCUT2D eigenvalue weighted by atomic mass is 32.2. The van der Waals surface area contributed by atoms with Gasteiger partial charge in [-0.3, -0.25) is 10.2 Å². The van der Waals surface area contributed by atoms with Crippen molar-refractivity contribution in [3.05, 3.63) is 70.7 Å². The zero-order valence-corrected chi connectivity index (χ0v) is 18.9. The van der Waals surface area contributed by atoms with Crippen LogP contribution in [0.15, 0.2) is 52.1 Å². The SMILES string of the molecule is N=C(Nc1ccc(F)c(C(F)F)c1)c1nonc1SCCNC(=O)c1ccc(C2(O)COC2)cc1. The van der Waals surface area contributed by atoms with Crippen molar-refractivity contribution in [2.24, 2.45) is 0 Å². The monoisotopic (exact) mass is 507 g/mol. The van der Waals surface area contributed by atoms with Crippen LogP contribution in [0, 0.1) is 11.2 Å². The van der Waals surface area contributed by atoms with E-state index in [0.717, 1.165) is 12.1 Å². The average molecular weight is 507 g/mol. The molecule has 1 aliphatic heterocycles. The highest BCUT2D eigenvalue weighted by molar-refractivity contribution is 7.99. The summed E-state index contributed by atoms with van der Waals surface area (Å²) in [7, 11) is 0. The van der Waals surface area contributed by atoms with Crippen LogP contribution in [0.4, 0.5) is 18.9 Å². The summed E-state index contributed by atoms with van der Waals surface area (Å²) in [4.78, 5) is 12.3. The molecule has 184 valence electrons. The number of rotatable bonds is 9. The van der Waals surface area contributed by atoms with Gasteiger partial charge in [-0.05, 0) is 46.2 Å². The maximum atomic E-state index is 13.5. The molecule has 3 aromatic rings. The van der Waals surface area contributed by atoms with Gasteiger partial charge in [0, 0.05) is 23.5 Å². The van der Waals surface area contributed by atoms with E-state index < -0.39 is 23.4 Å². The van der Waals surface area contributed by atoms with Gasteiger partial charge in [-0.25, -0.2) is 17.8 Å². The lowest BCUT2D eigenvalue weighted by molar-refractivity contribution is -0.184. The minimum atomic E-state index is -3.00. The minimum Gasteiger partial charge on any atom is -0.380 e. The summed E-state index contributed by atoms with van der Waals surface area (Å²) in [5, 5.41) is 31.4. The maximum absolute atomic E-state index is 13.5. The molecular weight excluding hydrogens is 487 g/mol. The van der Waals surface area contributed by atoms with Gasteiger partial charge in [0.1, 0.15) is 11.4 Å². The molecule has 9 nitrogen and oxygen atoms in total. The summed E-state index contributed by atoms with van der Waals surface area (Å²) in [6.07, 6.45) is -3.00. The number of carbonyl (C=O) groups is 1. The van der Waals surface area contributed by atoms with Crippen molar-refractivity contribution < 1.29 is 32.4 Å². The molecule has 1 aromatic heterocycles. The lowest BCUT2D eigenvalue weighted by Crippen LogP contribution is -2.46. The molecule has 0 aliphatic carbocycles. The van der Waals surface area contributed by atoms with Crippen molar-refractivity contribution in [2.75, 3.05) is 30.8 Å². The third-order valence-electron chi connectivity index (χ3n) is 5.19. The van der Waals surface area contributed by atoms with Crippen LogP contribution in [0.25, 0.3) is 0 Å². The Morgan fingerprint density at radius 2 is 1.94 bits per heavy atom. The van der Waals surface area contributed by atoms with E-state index >= 15 is 0 Å². The highest BCUT2D eigenvalue weighted by Crippen LogP contribution is 2.29. The minimum absolute atomic E-state index is 0.0396. The molecule has 0 spiro atoms. The van der Waals surface area contributed by atoms with Crippen LogP contribution in [0.2, 0.25) is 0 Å². The second kappa shape index (κ2) is 10.5. The first-order valence-corrected chi connectivity index (χ1v) is 11.3. The Balaban J connectivity index is 1.28. The van der Waals surface area contributed by atoms with Crippen LogP contribution in [-0.2, 0) is 10.3 Å². The molecule has 4 N–H and O–H groups in total. The summed E-state index contributed by atoms with van der Waals surface area (Å²) in [5.41, 5.74) is -0.545. The fourth-order valence-electron chi connectivity index (χ4n) is 3.23. The van der Waals surface area contributed by atoms with E-state index in [0.29, 0.717) is 16.9 Å². The van der Waals surface area contributed by atoms with E-state index in [1.165, 1.54) is 17.8 Å². The fourth-order valence-corrected chi connectivity index (χ4v) is 3.99. The number of aliphatic hydroxyl groups is 1. The number of carbonyl (C=O) groups excluding carboxylic acids is 1. The first-order chi connectivity index (χ1) is 16.8. The topological polar surface area (TPSA) is 133 Å². The predicted octanol–water partition coefficient (Wildman–Crippen LogP) is 3.32. The summed E-state index contributed by atoms with van der Waals surface area (Å²) in [5.74, 6) is -1.24. The summed E-state index contributed by atoms with van der Waals surface area (Å²) >= 11 is 1.17. The number of nitrogens with one attached hydrogen (secondary N) is 3. The van der Waals surface area contributed by atoms with Crippen LogP contribution in [-0.4, -0.2) is 52.7 Å². The molecule has 1 aliphatic rings. The number of amidine groups is 1. The number of hydrogen-bond acceptors (Lipinski definition) is 8. The molecular formula is C22H20F3N5O4S. The molecule has 2 aromatic carbocycles. The van der Waals surface area contributed by atoms with Gasteiger partial charge in [0.2, 0.25) is 0 Å². The van der Waals surface area contributed by atoms with Crippen molar-refractivity contribution in [3.63, 3.8) is 0 Å². The van der Waals surface area contributed by atoms with Crippen molar-refractivity contribution in [1.29, 1.82) is 5.41 Å². The maximum Gasteiger partial charge on any atom is 0.266 e. The molecule has 0 unspecified atom stereocenters. The van der Waals surface area contributed by atoms with Crippen molar-refractivity contribution in [3.8, 4) is 0 Å². The molecule has 35 heavy (non-hydrogen) atoms. The first kappa shape index (κ1) is 24.7. The normalized spacial score (nSPS) is 14.4. The Morgan fingerprint density at radius 3 is 2.60 bits per heavy atom. The van der Waals surface area contributed by atoms with Crippen LogP contribution in [0.5, 0.6) is 0 Å². The number of thioether (sulfide) groups is 1. The zero-order chi connectivity index (χ0) is 25.0. The third-order valence-corrected chi connectivity index (χ3v) is 6.14. The summed E-state index contributed by atoms with van der Waals surface area (Å²) < 4.78 is 49.0. The Bertz CT molecular complexity index is 1220. The number of anilines is 1. The van der Waals surface area contributed by atoms with E-state index in [-0.39, 0.29) is 47.9 Å². The molecule has 0 radical (unpaired) electrons. The van der Waals surface area contributed by atoms with E-state index in [2.05, 4.69) is 25.6 Å². The van der Waals surface area contributed by atoms with E-state index in [1.807, 2.05) is 0 Å². The van der Waals surface area contributed by atoms with E-state index in [1.54, 1.807) is 24.3 Å². The molecule has 2 heterocycles. The van der Waals surface area contributed by atoms with E-state index in [9.17, 15) is 23.1 Å². The molecule has 1 saturated heterocycles. The third kappa shape index (κ3) is 5.63. The molecule has 4 rings (SSSR count). The van der Waals surface area contributed by atoms with Crippen LogP contribution < -0.4 is 10.6 Å². The van der Waals surface area contributed by atoms with Gasteiger partial charge in [0.15, 0.2) is 16.6 Å². The predicted molar refractivity (Wildman–Crippen MR) is 120 cm³/mol. The van der Waals surface area contributed by atoms with Crippen molar-refractivity contribution >= 4 is 29.2 Å². The number of halogens is 3. The standard InChI is InChI=1S/C22H20F3N5O4S/c23-16-6-5-14(9-15(16)18(24)25)28-19(26)17-21(30-34-29-17)35-8-7-27-20(31)12-1-3-13(4-2-12)22(32)10-33-11-22/h1-6,9,18,32H,7-8,10-11H2,(H2,26,28)(H,27,31). The largest absolute Gasteiger partial charge is 0.380 e. The molecule has 13 heteroatoms. The Labute approximate surface area is 201 Å². The summed E-state index contributed by atoms with van der Waals surface area (Å²) in [6, 6.07) is 9.63. The quantitative estimate of drug-likeness (QED) is 0.150. The average Bonchev–Trinajstić information content (AvgIpc) is 3.30. The van der Waals surface area contributed by atoms with Gasteiger partial charge in [0.05, 0.1) is 18.8 Å². The molecule has 0 atom stereocenters. The van der Waals surface area contributed by atoms with Gasteiger partial charge in [-0.1, -0.05) is 23.9 Å². The van der Waals surface area contributed by atoms with Gasteiger partial charge in [0.25, 0.3) is 12.3 Å². The van der Waals surface area contributed by atoms with Crippen molar-refractivity contribution in [1.82, 2.24) is 15.6 Å². The number of alkyl halides is 2. The molecule has 1 amide bonds. The zero-order valence-electron chi connectivity index (χ0n) is 18.1. The van der Waals surface area contributed by atoms with E-state index in [4.69, 9.17) is 10.1 Å². The number of nitrogens with zero attached hydrogens (tertiary/aromatic N) is 2. The molecule has 0 saturated carbocycles. The number of hydrogen-bond donors (Lipinski definition) is 4.